The van der Waals surface area contributed by atoms with Crippen molar-refractivity contribution in [3.63, 3.8) is 0 Å². The number of carbonyl (C=O) groups excluding carboxylic acids is 2. The van der Waals surface area contributed by atoms with Crippen molar-refractivity contribution in [2.45, 2.75) is 46.6 Å². The monoisotopic (exact) mass is 289 g/mol. The average molecular weight is 289 g/mol. The van der Waals surface area contributed by atoms with Gasteiger partial charge in [0.25, 0.3) is 5.91 Å². The summed E-state index contributed by atoms with van der Waals surface area (Å²) in [6, 6.07) is 7.27. The molecule has 0 heterocycles. The van der Waals surface area contributed by atoms with Crippen LogP contribution in [0.2, 0.25) is 0 Å². The number of hydrogen-bond acceptors (Lipinski definition) is 3. The molecule has 1 rings (SSSR count). The lowest BCUT2D eigenvalue weighted by Gasteiger charge is -2.20. The minimum atomic E-state index is -0.276. The van der Waals surface area contributed by atoms with Crippen molar-refractivity contribution in [3.05, 3.63) is 35.4 Å². The Balaban J connectivity index is 2.58. The summed E-state index contributed by atoms with van der Waals surface area (Å²) >= 11 is 0. The summed E-state index contributed by atoms with van der Waals surface area (Å²) in [6.45, 7) is 9.31. The molecule has 5 nitrogen and oxygen atoms in total. The highest BCUT2D eigenvalue weighted by atomic mass is 16.2. The van der Waals surface area contributed by atoms with E-state index in [1.165, 1.54) is 0 Å². The number of rotatable bonds is 4. The van der Waals surface area contributed by atoms with Crippen LogP contribution in [-0.4, -0.2) is 23.1 Å². The van der Waals surface area contributed by atoms with E-state index >= 15 is 0 Å². The van der Waals surface area contributed by atoms with E-state index in [0.717, 1.165) is 5.56 Å². The third-order valence-corrected chi connectivity index (χ3v) is 2.67. The van der Waals surface area contributed by atoms with Crippen LogP contribution >= 0.6 is 0 Å². The van der Waals surface area contributed by atoms with Crippen molar-refractivity contribution >= 4 is 17.5 Å². The molecule has 0 saturated carbocycles. The zero-order chi connectivity index (χ0) is 16.0. The van der Waals surface area contributed by atoms with E-state index in [0.29, 0.717) is 11.3 Å². The van der Waals surface area contributed by atoms with Crippen LogP contribution in [0.3, 0.4) is 0 Å². The Labute approximate surface area is 125 Å². The van der Waals surface area contributed by atoms with Gasteiger partial charge < -0.3 is 5.32 Å². The van der Waals surface area contributed by atoms with Crippen LogP contribution in [-0.2, 0) is 4.79 Å². The summed E-state index contributed by atoms with van der Waals surface area (Å²) in [6.07, 6.45) is 0.158. The normalized spacial score (nSPS) is 12.0. The standard InChI is InChI=1S/C16H23N3O2/c1-11-8-6-7-9-13(11)15(21)19-18-12(2)10-14(20)17-16(3,4)5/h6-9H,10H2,1-5H3,(H,17,20)(H,19,21). The molecule has 0 atom stereocenters. The van der Waals surface area contributed by atoms with E-state index < -0.39 is 0 Å². The second kappa shape index (κ2) is 7.02. The first-order valence-corrected chi connectivity index (χ1v) is 6.89. The van der Waals surface area contributed by atoms with Gasteiger partial charge in [-0.3, -0.25) is 9.59 Å². The van der Waals surface area contributed by atoms with Crippen molar-refractivity contribution in [1.82, 2.24) is 10.7 Å². The van der Waals surface area contributed by atoms with Crippen molar-refractivity contribution in [2.24, 2.45) is 5.10 Å². The number of nitrogens with zero attached hydrogens (tertiary/aromatic N) is 1. The summed E-state index contributed by atoms with van der Waals surface area (Å²) in [4.78, 5) is 23.7. The predicted octanol–water partition coefficient (Wildman–Crippen LogP) is 2.41. The smallest absolute Gasteiger partial charge is 0.271 e. The number of carbonyl (C=O) groups is 2. The lowest BCUT2D eigenvalue weighted by atomic mass is 10.1. The van der Waals surface area contributed by atoms with Crippen molar-refractivity contribution in [1.29, 1.82) is 0 Å². The molecular formula is C16H23N3O2. The molecule has 0 aliphatic carbocycles. The van der Waals surface area contributed by atoms with Gasteiger partial charge in [-0.15, -0.1) is 0 Å². The third-order valence-electron chi connectivity index (χ3n) is 2.67. The Bertz CT molecular complexity index is 557. The number of hydrazone groups is 1. The molecule has 0 saturated heterocycles. The zero-order valence-electron chi connectivity index (χ0n) is 13.3. The Morgan fingerprint density at radius 2 is 1.81 bits per heavy atom. The van der Waals surface area contributed by atoms with Crippen LogP contribution in [0.15, 0.2) is 29.4 Å². The molecule has 1 aromatic rings. The second-order valence-corrected chi connectivity index (χ2v) is 6.08. The molecule has 0 aliphatic heterocycles. The van der Waals surface area contributed by atoms with E-state index in [1.807, 2.05) is 39.8 Å². The molecule has 0 unspecified atom stereocenters. The van der Waals surface area contributed by atoms with Crippen molar-refractivity contribution < 1.29 is 9.59 Å². The van der Waals surface area contributed by atoms with Gasteiger partial charge in [0.05, 0.1) is 6.42 Å². The van der Waals surface area contributed by atoms with Crippen LogP contribution < -0.4 is 10.7 Å². The van der Waals surface area contributed by atoms with Gasteiger partial charge in [-0.25, -0.2) is 5.43 Å². The molecule has 0 spiro atoms. The Kier molecular flexibility index (Phi) is 5.64. The van der Waals surface area contributed by atoms with Crippen molar-refractivity contribution in [3.8, 4) is 0 Å². The molecule has 0 fully saturated rings. The van der Waals surface area contributed by atoms with Crippen LogP contribution in [0.1, 0.15) is 50.0 Å². The van der Waals surface area contributed by atoms with E-state index in [9.17, 15) is 9.59 Å². The van der Waals surface area contributed by atoms with E-state index in [2.05, 4.69) is 15.8 Å². The molecule has 2 amide bonds. The number of nitrogens with one attached hydrogen (secondary N) is 2. The van der Waals surface area contributed by atoms with Gasteiger partial charge in [-0.1, -0.05) is 18.2 Å². The molecule has 2 N–H and O–H groups in total. The fourth-order valence-corrected chi connectivity index (χ4v) is 1.77. The van der Waals surface area contributed by atoms with Gasteiger partial charge in [0.1, 0.15) is 0 Å². The Morgan fingerprint density at radius 3 is 2.38 bits per heavy atom. The minimum absolute atomic E-state index is 0.117. The molecule has 0 bridgehead atoms. The Hall–Kier alpha value is -2.17. The first-order valence-electron chi connectivity index (χ1n) is 6.89. The van der Waals surface area contributed by atoms with Crippen LogP contribution in [0.25, 0.3) is 0 Å². The molecule has 0 aliphatic rings. The lowest BCUT2D eigenvalue weighted by Crippen LogP contribution is -2.41. The second-order valence-electron chi connectivity index (χ2n) is 6.08. The lowest BCUT2D eigenvalue weighted by molar-refractivity contribution is -0.121. The van der Waals surface area contributed by atoms with Gasteiger partial charge in [0.2, 0.25) is 5.91 Å². The fraction of sp³-hybridized carbons (Fsp3) is 0.438. The summed E-state index contributed by atoms with van der Waals surface area (Å²) in [5.74, 6) is -0.391. The quantitative estimate of drug-likeness (QED) is 0.660. The van der Waals surface area contributed by atoms with E-state index in [4.69, 9.17) is 0 Å². The van der Waals surface area contributed by atoms with Gasteiger partial charge in [0.15, 0.2) is 0 Å². The predicted molar refractivity (Wildman–Crippen MR) is 84.3 cm³/mol. The summed E-state index contributed by atoms with van der Waals surface area (Å²) in [5, 5.41) is 6.81. The number of hydrogen-bond donors (Lipinski definition) is 2. The van der Waals surface area contributed by atoms with Gasteiger partial charge in [-0.05, 0) is 46.2 Å². The maximum absolute atomic E-state index is 12.0. The van der Waals surface area contributed by atoms with E-state index in [-0.39, 0.29) is 23.8 Å². The first-order chi connectivity index (χ1) is 9.69. The highest BCUT2D eigenvalue weighted by molar-refractivity contribution is 6.01. The zero-order valence-corrected chi connectivity index (χ0v) is 13.3. The van der Waals surface area contributed by atoms with Gasteiger partial charge >= 0.3 is 0 Å². The molecule has 114 valence electrons. The minimum Gasteiger partial charge on any atom is -0.351 e. The number of benzene rings is 1. The third kappa shape index (κ3) is 6.21. The van der Waals surface area contributed by atoms with Crippen molar-refractivity contribution in [2.75, 3.05) is 0 Å². The molecule has 21 heavy (non-hydrogen) atoms. The van der Waals surface area contributed by atoms with E-state index in [1.54, 1.807) is 19.1 Å². The summed E-state index contributed by atoms with van der Waals surface area (Å²) in [7, 11) is 0. The average Bonchev–Trinajstić information content (AvgIpc) is 2.34. The highest BCUT2D eigenvalue weighted by Crippen LogP contribution is 2.06. The van der Waals surface area contributed by atoms with Crippen LogP contribution in [0, 0.1) is 6.92 Å². The number of aryl methyl sites for hydroxylation is 1. The highest BCUT2D eigenvalue weighted by Gasteiger charge is 2.14. The maximum Gasteiger partial charge on any atom is 0.271 e. The summed E-state index contributed by atoms with van der Waals surface area (Å²) in [5.41, 5.74) is 4.21. The van der Waals surface area contributed by atoms with Gasteiger partial charge in [-0.2, -0.15) is 5.10 Å². The Morgan fingerprint density at radius 1 is 1.19 bits per heavy atom. The summed E-state index contributed by atoms with van der Waals surface area (Å²) < 4.78 is 0. The fourth-order valence-electron chi connectivity index (χ4n) is 1.77. The topological polar surface area (TPSA) is 70.6 Å². The number of amides is 2. The molecule has 1 aromatic carbocycles. The largest absolute Gasteiger partial charge is 0.351 e. The maximum atomic E-state index is 12.0. The first kappa shape index (κ1) is 16.9. The SMILES string of the molecule is CC(CC(=O)NC(C)(C)C)=NNC(=O)c1ccccc1C. The van der Waals surface area contributed by atoms with Crippen LogP contribution in [0.5, 0.6) is 0 Å². The molecular weight excluding hydrogens is 266 g/mol. The molecule has 0 aromatic heterocycles. The van der Waals surface area contributed by atoms with Crippen LogP contribution in [0.4, 0.5) is 0 Å². The van der Waals surface area contributed by atoms with Gasteiger partial charge in [0, 0.05) is 16.8 Å². The molecule has 5 heteroatoms. The molecule has 0 radical (unpaired) electrons.